The second-order valence-electron chi connectivity index (χ2n) is 9.13. The van der Waals surface area contributed by atoms with Crippen molar-refractivity contribution in [2.75, 3.05) is 6.61 Å². The molecule has 0 spiro atoms. The predicted molar refractivity (Wildman–Crippen MR) is 95.4 cm³/mol. The number of hydrogen-bond donors (Lipinski definition) is 3. The normalized spacial score (nSPS) is 48.6. The lowest BCUT2D eigenvalue weighted by atomic mass is 9.46. The molecule has 3 fully saturated rings. The van der Waals surface area contributed by atoms with Gasteiger partial charge in [-0.25, -0.2) is 0 Å². The number of aliphatic hydroxyl groups is 3. The zero-order valence-electron chi connectivity index (χ0n) is 15.6. The van der Waals surface area contributed by atoms with Crippen LogP contribution in [0.4, 0.5) is 0 Å². The molecule has 6 heteroatoms. The summed E-state index contributed by atoms with van der Waals surface area (Å²) in [5.74, 6) is -1.57. The van der Waals surface area contributed by atoms with E-state index < -0.39 is 34.9 Å². The third kappa shape index (κ3) is 2.15. The van der Waals surface area contributed by atoms with Gasteiger partial charge in [0.15, 0.2) is 17.2 Å². The lowest BCUT2D eigenvalue weighted by Crippen LogP contribution is -2.63. The monoisotopic (exact) mass is 374 g/mol. The first-order valence-corrected chi connectivity index (χ1v) is 9.61. The number of carbonyl (C=O) groups excluding carboxylic acids is 3. The maximum Gasteiger partial charge on any atom is 0.192 e. The van der Waals surface area contributed by atoms with Crippen LogP contribution in [0.1, 0.15) is 39.5 Å². The fourth-order valence-corrected chi connectivity index (χ4v) is 6.67. The van der Waals surface area contributed by atoms with Crippen LogP contribution in [-0.4, -0.2) is 51.0 Å². The van der Waals surface area contributed by atoms with Crippen LogP contribution in [0, 0.1) is 28.6 Å². The Morgan fingerprint density at radius 2 is 2.00 bits per heavy atom. The largest absolute Gasteiger partial charge is 0.390 e. The van der Waals surface area contributed by atoms with E-state index >= 15 is 0 Å². The summed E-state index contributed by atoms with van der Waals surface area (Å²) in [6, 6.07) is 0. The second-order valence-corrected chi connectivity index (χ2v) is 9.13. The Bertz CT molecular complexity index is 796. The number of carbonyl (C=O) groups is 3. The Labute approximate surface area is 158 Å². The van der Waals surface area contributed by atoms with Crippen molar-refractivity contribution in [3.63, 3.8) is 0 Å². The molecule has 4 rings (SSSR count). The van der Waals surface area contributed by atoms with E-state index in [1.807, 2.05) is 13.0 Å². The molecule has 0 radical (unpaired) electrons. The number of hydrogen-bond acceptors (Lipinski definition) is 6. The molecule has 0 unspecified atom stereocenters. The average Bonchev–Trinajstić information content (AvgIpc) is 2.82. The summed E-state index contributed by atoms with van der Waals surface area (Å²) < 4.78 is 0. The zero-order valence-corrected chi connectivity index (χ0v) is 15.6. The van der Waals surface area contributed by atoms with Crippen LogP contribution in [0.25, 0.3) is 0 Å². The van der Waals surface area contributed by atoms with Crippen LogP contribution in [0.2, 0.25) is 0 Å². The molecular formula is C21H26O6. The van der Waals surface area contributed by atoms with Gasteiger partial charge in [-0.1, -0.05) is 25.5 Å². The highest BCUT2D eigenvalue weighted by Crippen LogP contribution is 2.66. The van der Waals surface area contributed by atoms with Gasteiger partial charge in [0.2, 0.25) is 0 Å². The third-order valence-corrected chi connectivity index (χ3v) is 8.05. The van der Waals surface area contributed by atoms with Crippen LogP contribution in [0.5, 0.6) is 0 Å². The highest BCUT2D eigenvalue weighted by atomic mass is 16.4. The number of aliphatic hydroxyl groups excluding tert-OH is 2. The van der Waals surface area contributed by atoms with E-state index in [1.54, 1.807) is 13.0 Å². The summed E-state index contributed by atoms with van der Waals surface area (Å²) in [6.45, 7) is 2.81. The Morgan fingerprint density at radius 3 is 2.67 bits per heavy atom. The minimum atomic E-state index is -2.11. The van der Waals surface area contributed by atoms with E-state index in [0.717, 1.165) is 5.57 Å². The topological polar surface area (TPSA) is 112 Å². The van der Waals surface area contributed by atoms with Crippen molar-refractivity contribution < 1.29 is 29.7 Å². The van der Waals surface area contributed by atoms with E-state index in [0.29, 0.717) is 12.8 Å². The van der Waals surface area contributed by atoms with Crippen molar-refractivity contribution in [2.45, 2.75) is 51.2 Å². The van der Waals surface area contributed by atoms with Gasteiger partial charge in [0.05, 0.1) is 6.10 Å². The SMILES string of the molecule is C[C@]12C=CC(=O)C=C1CC[C@@H]1[C@H]2C(=O)C[C@@]2(C)[C@@H]1C[C@H](O)[C@@]2(O)C(=O)CO. The molecule has 146 valence electrons. The lowest BCUT2D eigenvalue weighted by molar-refractivity contribution is -0.179. The van der Waals surface area contributed by atoms with Crippen LogP contribution < -0.4 is 0 Å². The van der Waals surface area contributed by atoms with Crippen LogP contribution >= 0.6 is 0 Å². The van der Waals surface area contributed by atoms with Gasteiger partial charge in [-0.3, -0.25) is 14.4 Å². The molecule has 7 atom stereocenters. The highest BCUT2D eigenvalue weighted by Gasteiger charge is 2.71. The minimum absolute atomic E-state index is 0.0250. The molecule has 0 saturated heterocycles. The molecule has 6 nitrogen and oxygen atoms in total. The molecule has 0 aromatic carbocycles. The number of allylic oxidation sites excluding steroid dienone is 4. The molecular weight excluding hydrogens is 348 g/mol. The zero-order chi connectivity index (χ0) is 19.8. The smallest absolute Gasteiger partial charge is 0.192 e. The van der Waals surface area contributed by atoms with E-state index in [2.05, 4.69) is 0 Å². The van der Waals surface area contributed by atoms with Gasteiger partial charge in [0, 0.05) is 23.2 Å². The maximum atomic E-state index is 13.3. The molecule has 0 aromatic rings. The van der Waals surface area contributed by atoms with Crippen molar-refractivity contribution in [3.05, 3.63) is 23.8 Å². The second kappa shape index (κ2) is 5.69. The molecule has 4 aliphatic rings. The molecule has 27 heavy (non-hydrogen) atoms. The fourth-order valence-electron chi connectivity index (χ4n) is 6.67. The first-order chi connectivity index (χ1) is 12.6. The molecule has 4 aliphatic carbocycles. The average molecular weight is 374 g/mol. The van der Waals surface area contributed by atoms with Crippen molar-refractivity contribution in [1.29, 1.82) is 0 Å². The number of Topliss-reactive ketones (excluding diaryl/α,β-unsaturated/α-hetero) is 2. The lowest BCUT2D eigenvalue weighted by Gasteiger charge is -2.56. The van der Waals surface area contributed by atoms with Gasteiger partial charge in [0.1, 0.15) is 12.4 Å². The fraction of sp³-hybridized carbons (Fsp3) is 0.667. The molecule has 0 aromatic heterocycles. The van der Waals surface area contributed by atoms with Crippen LogP contribution in [0.3, 0.4) is 0 Å². The third-order valence-electron chi connectivity index (χ3n) is 8.05. The quantitative estimate of drug-likeness (QED) is 0.657. The van der Waals surface area contributed by atoms with Gasteiger partial charge in [-0.05, 0) is 43.3 Å². The van der Waals surface area contributed by atoms with Gasteiger partial charge in [-0.2, -0.15) is 0 Å². The molecule has 0 heterocycles. The van der Waals surface area contributed by atoms with Crippen LogP contribution in [-0.2, 0) is 14.4 Å². The summed E-state index contributed by atoms with van der Waals surface area (Å²) in [7, 11) is 0. The maximum absolute atomic E-state index is 13.3. The summed E-state index contributed by atoms with van der Waals surface area (Å²) >= 11 is 0. The van der Waals surface area contributed by atoms with Crippen LogP contribution in [0.15, 0.2) is 23.8 Å². The summed E-state index contributed by atoms with van der Waals surface area (Å²) in [5.41, 5.74) is -2.78. The number of ketones is 3. The van der Waals surface area contributed by atoms with Gasteiger partial charge >= 0.3 is 0 Å². The molecule has 0 amide bonds. The Hall–Kier alpha value is -1.63. The van der Waals surface area contributed by atoms with Gasteiger partial charge in [0.25, 0.3) is 0 Å². The summed E-state index contributed by atoms with van der Waals surface area (Å²) in [5, 5.41) is 31.1. The van der Waals surface area contributed by atoms with Crippen molar-refractivity contribution in [3.8, 4) is 0 Å². The predicted octanol–water partition coefficient (Wildman–Crippen LogP) is 0.737. The van der Waals surface area contributed by atoms with Crippen molar-refractivity contribution in [2.24, 2.45) is 28.6 Å². The molecule has 0 aliphatic heterocycles. The summed E-state index contributed by atoms with van der Waals surface area (Å²) in [4.78, 5) is 37.5. The first kappa shape index (κ1) is 18.7. The molecule has 0 bridgehead atoms. The Kier molecular flexibility index (Phi) is 3.94. The van der Waals surface area contributed by atoms with Crippen molar-refractivity contribution >= 4 is 17.3 Å². The highest BCUT2D eigenvalue weighted by molar-refractivity contribution is 6.02. The first-order valence-electron chi connectivity index (χ1n) is 9.61. The Balaban J connectivity index is 1.79. The van der Waals surface area contributed by atoms with E-state index in [9.17, 15) is 29.7 Å². The van der Waals surface area contributed by atoms with E-state index in [-0.39, 0.29) is 42.2 Å². The molecule has 3 saturated carbocycles. The molecule has 3 N–H and O–H groups in total. The Morgan fingerprint density at radius 1 is 1.30 bits per heavy atom. The number of rotatable bonds is 2. The number of fused-ring (bicyclic) bond motifs is 5. The standard InChI is InChI=1S/C21H26O6/c1-19-6-5-12(23)7-11(19)3-4-13-14-8-16(25)21(27,17(26)10-22)20(14,2)9-15(24)18(13)19/h5-7,13-14,16,18,22,25,27H,3-4,8-10H2,1-2H3/t13-,14+,16-,18-,19-,20-,21+/m0/s1. The van der Waals surface area contributed by atoms with Gasteiger partial charge < -0.3 is 15.3 Å². The van der Waals surface area contributed by atoms with Crippen molar-refractivity contribution in [1.82, 2.24) is 0 Å². The minimum Gasteiger partial charge on any atom is -0.390 e. The van der Waals surface area contributed by atoms with E-state index in [4.69, 9.17) is 0 Å². The van der Waals surface area contributed by atoms with E-state index in [1.165, 1.54) is 6.08 Å². The summed E-state index contributed by atoms with van der Waals surface area (Å²) in [6.07, 6.45) is 5.23. The van der Waals surface area contributed by atoms with Gasteiger partial charge in [-0.15, -0.1) is 0 Å².